The summed E-state index contributed by atoms with van der Waals surface area (Å²) in [4.78, 5) is 7.09. The van der Waals surface area contributed by atoms with Crippen molar-refractivity contribution in [2.75, 3.05) is 24.5 Å². The molecule has 0 aromatic carbocycles. The van der Waals surface area contributed by atoms with Crippen LogP contribution in [0.2, 0.25) is 0 Å². The van der Waals surface area contributed by atoms with Crippen molar-refractivity contribution in [2.45, 2.75) is 46.1 Å². The predicted octanol–water partition coefficient (Wildman–Crippen LogP) is 3.38. The molecule has 0 saturated carbocycles. The summed E-state index contributed by atoms with van der Waals surface area (Å²) in [6.07, 6.45) is 5.86. The summed E-state index contributed by atoms with van der Waals surface area (Å²) in [5.74, 6) is 0.804. The summed E-state index contributed by atoms with van der Waals surface area (Å²) >= 11 is 0. The van der Waals surface area contributed by atoms with Gasteiger partial charge >= 0.3 is 0 Å². The van der Waals surface area contributed by atoms with Crippen LogP contribution in [0.25, 0.3) is 0 Å². The minimum absolute atomic E-state index is 0.342. The Morgan fingerprint density at radius 3 is 2.95 bits per heavy atom. The largest absolute Gasteiger partial charge is 0.370 e. The number of hydrogen-bond donors (Lipinski definition) is 1. The third kappa shape index (κ3) is 3.93. The molecule has 1 N–H and O–H groups in total. The Kier molecular flexibility index (Phi) is 5.20. The summed E-state index contributed by atoms with van der Waals surface area (Å²) in [5.41, 5.74) is 2.42. The lowest BCUT2D eigenvalue weighted by Gasteiger charge is -2.32. The Morgan fingerprint density at radius 1 is 1.47 bits per heavy atom. The number of piperidine rings is 1. The van der Waals surface area contributed by atoms with Gasteiger partial charge in [0.25, 0.3) is 0 Å². The molecule has 0 spiro atoms. The Balaban J connectivity index is 1.97. The zero-order chi connectivity index (χ0) is 13.7. The molecule has 2 unspecified atom stereocenters. The van der Waals surface area contributed by atoms with Crippen LogP contribution in [0, 0.1) is 5.92 Å². The third-order valence-corrected chi connectivity index (χ3v) is 3.94. The van der Waals surface area contributed by atoms with Crippen molar-refractivity contribution in [1.29, 1.82) is 0 Å². The van der Waals surface area contributed by atoms with Crippen molar-refractivity contribution in [2.24, 2.45) is 5.92 Å². The molecule has 1 aromatic rings. The lowest BCUT2D eigenvalue weighted by molar-refractivity contribution is 0.446. The molecule has 2 heterocycles. The van der Waals surface area contributed by atoms with Crippen LogP contribution in [-0.2, 0) is 0 Å². The van der Waals surface area contributed by atoms with Crippen LogP contribution >= 0.6 is 0 Å². The van der Waals surface area contributed by atoms with Crippen LogP contribution < -0.4 is 10.2 Å². The fourth-order valence-corrected chi connectivity index (χ4v) is 2.73. The zero-order valence-electron chi connectivity index (χ0n) is 12.5. The first kappa shape index (κ1) is 14.3. The maximum absolute atomic E-state index is 4.63. The second kappa shape index (κ2) is 6.90. The highest BCUT2D eigenvalue weighted by Crippen LogP contribution is 2.23. The number of nitrogens with zero attached hydrogens (tertiary/aromatic N) is 2. The van der Waals surface area contributed by atoms with E-state index in [2.05, 4.69) is 48.1 Å². The van der Waals surface area contributed by atoms with Crippen LogP contribution in [0.3, 0.4) is 0 Å². The van der Waals surface area contributed by atoms with E-state index in [1.807, 2.05) is 6.20 Å². The van der Waals surface area contributed by atoms with Gasteiger partial charge in [-0.3, -0.25) is 4.98 Å². The maximum atomic E-state index is 4.63. The van der Waals surface area contributed by atoms with E-state index in [-0.39, 0.29) is 0 Å². The molecule has 2 rings (SSSR count). The summed E-state index contributed by atoms with van der Waals surface area (Å²) in [6.45, 7) is 10.1. The first-order valence-corrected chi connectivity index (χ1v) is 7.65. The van der Waals surface area contributed by atoms with E-state index >= 15 is 0 Å². The van der Waals surface area contributed by atoms with Gasteiger partial charge in [0.1, 0.15) is 0 Å². The quantitative estimate of drug-likeness (QED) is 0.880. The first-order valence-electron chi connectivity index (χ1n) is 7.65. The molecular formula is C16H27N3. The zero-order valence-corrected chi connectivity index (χ0v) is 12.5. The molecule has 3 heteroatoms. The highest BCUT2D eigenvalue weighted by Gasteiger charge is 2.17. The van der Waals surface area contributed by atoms with Gasteiger partial charge in [0.15, 0.2) is 0 Å². The van der Waals surface area contributed by atoms with Gasteiger partial charge in [0, 0.05) is 19.1 Å². The number of rotatable bonds is 5. The molecule has 106 valence electrons. The van der Waals surface area contributed by atoms with E-state index in [9.17, 15) is 0 Å². The summed E-state index contributed by atoms with van der Waals surface area (Å²) < 4.78 is 0. The van der Waals surface area contributed by atoms with Crippen LogP contribution in [0.1, 0.15) is 51.8 Å². The molecule has 0 radical (unpaired) electrons. The van der Waals surface area contributed by atoms with Crippen molar-refractivity contribution < 1.29 is 0 Å². The molecule has 2 atom stereocenters. The fourth-order valence-electron chi connectivity index (χ4n) is 2.73. The van der Waals surface area contributed by atoms with Crippen LogP contribution in [0.15, 0.2) is 18.3 Å². The molecule has 0 bridgehead atoms. The minimum atomic E-state index is 0.342. The number of anilines is 1. The Bertz CT molecular complexity index is 374. The third-order valence-electron chi connectivity index (χ3n) is 3.94. The van der Waals surface area contributed by atoms with Crippen LogP contribution in [0.4, 0.5) is 5.69 Å². The van der Waals surface area contributed by atoms with E-state index in [4.69, 9.17) is 0 Å². The Labute approximate surface area is 117 Å². The average Bonchev–Trinajstić information content (AvgIpc) is 2.45. The topological polar surface area (TPSA) is 28.2 Å². The van der Waals surface area contributed by atoms with Gasteiger partial charge in [-0.05, 0) is 50.8 Å². The summed E-state index contributed by atoms with van der Waals surface area (Å²) in [7, 11) is 0. The van der Waals surface area contributed by atoms with Crippen LogP contribution in [-0.4, -0.2) is 24.6 Å². The Hall–Kier alpha value is -1.09. The average molecular weight is 261 g/mol. The molecule has 1 aliphatic heterocycles. The van der Waals surface area contributed by atoms with Crippen molar-refractivity contribution >= 4 is 5.69 Å². The van der Waals surface area contributed by atoms with Crippen molar-refractivity contribution in [3.63, 3.8) is 0 Å². The van der Waals surface area contributed by atoms with E-state index in [1.165, 1.54) is 31.6 Å². The second-order valence-corrected chi connectivity index (χ2v) is 5.81. The molecule has 1 fully saturated rings. The molecule has 0 aliphatic carbocycles. The number of pyridine rings is 1. The van der Waals surface area contributed by atoms with Crippen molar-refractivity contribution in [3.8, 4) is 0 Å². The molecule has 0 amide bonds. The standard InChI is InChI=1S/C16H27N3/c1-4-9-17-14(3)16-8-7-15(11-18-16)19-10-5-6-13(2)12-19/h7-8,11,13-14,17H,4-6,9-10,12H2,1-3H3. The fraction of sp³-hybridized carbons (Fsp3) is 0.688. The van der Waals surface area contributed by atoms with E-state index in [1.54, 1.807) is 0 Å². The number of aromatic nitrogens is 1. The molecule has 19 heavy (non-hydrogen) atoms. The number of nitrogens with one attached hydrogen (secondary N) is 1. The predicted molar refractivity (Wildman–Crippen MR) is 81.6 cm³/mol. The van der Waals surface area contributed by atoms with Gasteiger partial charge in [-0.1, -0.05) is 13.8 Å². The van der Waals surface area contributed by atoms with E-state index < -0.39 is 0 Å². The SMILES string of the molecule is CCCNC(C)c1ccc(N2CCCC(C)C2)cn1. The van der Waals surface area contributed by atoms with Gasteiger partial charge in [-0.25, -0.2) is 0 Å². The van der Waals surface area contributed by atoms with E-state index in [0.29, 0.717) is 6.04 Å². The first-order chi connectivity index (χ1) is 9.20. The summed E-state index contributed by atoms with van der Waals surface area (Å²) in [5, 5.41) is 3.48. The van der Waals surface area contributed by atoms with Gasteiger partial charge in [-0.15, -0.1) is 0 Å². The molecular weight excluding hydrogens is 234 g/mol. The highest BCUT2D eigenvalue weighted by atomic mass is 15.1. The lowest BCUT2D eigenvalue weighted by atomic mass is 10.00. The monoisotopic (exact) mass is 261 g/mol. The second-order valence-electron chi connectivity index (χ2n) is 5.81. The lowest BCUT2D eigenvalue weighted by Crippen LogP contribution is -2.34. The van der Waals surface area contributed by atoms with Crippen molar-refractivity contribution in [1.82, 2.24) is 10.3 Å². The molecule has 3 nitrogen and oxygen atoms in total. The normalized spacial score (nSPS) is 21.4. The molecule has 1 aliphatic rings. The summed E-state index contributed by atoms with van der Waals surface area (Å²) in [6, 6.07) is 4.74. The maximum Gasteiger partial charge on any atom is 0.0572 e. The highest BCUT2D eigenvalue weighted by molar-refractivity contribution is 5.45. The van der Waals surface area contributed by atoms with Gasteiger partial charge < -0.3 is 10.2 Å². The van der Waals surface area contributed by atoms with Gasteiger partial charge in [0.2, 0.25) is 0 Å². The van der Waals surface area contributed by atoms with Gasteiger partial charge in [0.05, 0.1) is 17.6 Å². The van der Waals surface area contributed by atoms with Crippen LogP contribution in [0.5, 0.6) is 0 Å². The smallest absolute Gasteiger partial charge is 0.0572 e. The minimum Gasteiger partial charge on any atom is -0.370 e. The Morgan fingerprint density at radius 2 is 2.32 bits per heavy atom. The number of hydrogen-bond acceptors (Lipinski definition) is 3. The van der Waals surface area contributed by atoms with Crippen molar-refractivity contribution in [3.05, 3.63) is 24.0 Å². The molecule has 1 aromatic heterocycles. The van der Waals surface area contributed by atoms with E-state index in [0.717, 1.165) is 24.6 Å². The van der Waals surface area contributed by atoms with Gasteiger partial charge in [-0.2, -0.15) is 0 Å². The molecule has 1 saturated heterocycles.